The van der Waals surface area contributed by atoms with E-state index in [1.807, 2.05) is 66.7 Å². The van der Waals surface area contributed by atoms with E-state index in [-0.39, 0.29) is 18.3 Å². The first-order chi connectivity index (χ1) is 21.0. The molecular formula is C33H28N6O4. The molecule has 6 rings (SSSR count). The number of anilines is 1. The largest absolute Gasteiger partial charge is 0.492 e. The van der Waals surface area contributed by atoms with Crippen molar-refractivity contribution in [3.63, 3.8) is 0 Å². The molecule has 0 radical (unpaired) electrons. The maximum atomic E-state index is 13.3. The van der Waals surface area contributed by atoms with E-state index in [0.29, 0.717) is 30.9 Å². The van der Waals surface area contributed by atoms with E-state index in [4.69, 9.17) is 9.47 Å². The first kappa shape index (κ1) is 27.6. The van der Waals surface area contributed by atoms with Crippen molar-refractivity contribution in [1.82, 2.24) is 10.3 Å². The zero-order valence-corrected chi connectivity index (χ0v) is 23.4. The number of nitrogens with one attached hydrogen (secondary N) is 1. The van der Waals surface area contributed by atoms with Crippen LogP contribution >= 0.6 is 0 Å². The summed E-state index contributed by atoms with van der Waals surface area (Å²) in [5.74, 6) is 6.59. The summed E-state index contributed by atoms with van der Waals surface area (Å²) in [7, 11) is 1.64. The third-order valence-electron chi connectivity index (χ3n) is 7.00. The van der Waals surface area contributed by atoms with Gasteiger partial charge in [-0.25, -0.2) is 4.99 Å². The van der Waals surface area contributed by atoms with Crippen molar-refractivity contribution in [2.24, 2.45) is 15.2 Å². The Balaban J connectivity index is 1.05. The SMILES string of the molecule is CN1C(=O)[C@H](NC(=O)C2=NC(Cc3ccccc3)N=N2)COc2ccc(C#CCCOc3cccc4ncccc34)cc21. The first-order valence-electron chi connectivity index (χ1n) is 13.9. The van der Waals surface area contributed by atoms with Crippen molar-refractivity contribution in [3.8, 4) is 23.3 Å². The summed E-state index contributed by atoms with van der Waals surface area (Å²) in [5, 5.41) is 11.7. The number of aliphatic imine (C=N–C) groups is 1. The Hall–Kier alpha value is -5.56. The summed E-state index contributed by atoms with van der Waals surface area (Å²) in [6, 6.07) is 23.8. The van der Waals surface area contributed by atoms with E-state index in [9.17, 15) is 9.59 Å². The van der Waals surface area contributed by atoms with Gasteiger partial charge in [-0.3, -0.25) is 14.6 Å². The van der Waals surface area contributed by atoms with Crippen molar-refractivity contribution < 1.29 is 19.1 Å². The number of nitrogens with zero attached hydrogens (tertiary/aromatic N) is 5. The lowest BCUT2D eigenvalue weighted by Crippen LogP contribution is -2.50. The zero-order chi connectivity index (χ0) is 29.6. The highest BCUT2D eigenvalue weighted by atomic mass is 16.5. The van der Waals surface area contributed by atoms with Crippen LogP contribution in [0.5, 0.6) is 11.5 Å². The second-order valence-corrected chi connectivity index (χ2v) is 9.98. The number of pyridine rings is 1. The van der Waals surface area contributed by atoms with Crippen LogP contribution in [0.25, 0.3) is 10.9 Å². The number of carbonyl (C=O) groups is 2. The molecule has 1 unspecified atom stereocenters. The Labute approximate surface area is 248 Å². The maximum absolute atomic E-state index is 13.3. The Morgan fingerprint density at radius 2 is 1.98 bits per heavy atom. The van der Waals surface area contributed by atoms with Crippen LogP contribution in [-0.2, 0) is 16.0 Å². The summed E-state index contributed by atoms with van der Waals surface area (Å²) in [4.78, 5) is 36.3. The topological polar surface area (TPSA) is 118 Å². The van der Waals surface area contributed by atoms with Gasteiger partial charge in [0.1, 0.15) is 24.1 Å². The number of hydrogen-bond acceptors (Lipinski definition) is 8. The molecule has 2 atom stereocenters. The van der Waals surface area contributed by atoms with Crippen LogP contribution in [0.1, 0.15) is 17.5 Å². The second kappa shape index (κ2) is 12.5. The minimum absolute atomic E-state index is 0.0359. The molecule has 0 spiro atoms. The van der Waals surface area contributed by atoms with Gasteiger partial charge in [-0.15, -0.1) is 5.11 Å². The summed E-state index contributed by atoms with van der Waals surface area (Å²) in [6.07, 6.45) is 2.33. The van der Waals surface area contributed by atoms with Crippen LogP contribution in [0.2, 0.25) is 0 Å². The molecule has 214 valence electrons. The minimum atomic E-state index is -0.924. The molecule has 10 nitrogen and oxygen atoms in total. The van der Waals surface area contributed by atoms with E-state index in [0.717, 1.165) is 27.8 Å². The standard InChI is InChI=1S/C33H28N6O4/c1-39-27-19-23(11-5-6-18-42-28-14-7-13-25-24(28)12-8-17-34-25)15-16-29(27)43-21-26(33(39)41)35-32(40)31-36-30(37-38-31)20-22-9-3-2-4-10-22/h2-4,7-10,12-17,19,26,30H,6,18,20-21H2,1H3,(H,35,40)/t26-,30?/m1/s1. The molecule has 0 bridgehead atoms. The fourth-order valence-electron chi connectivity index (χ4n) is 4.81. The second-order valence-electron chi connectivity index (χ2n) is 9.98. The van der Waals surface area contributed by atoms with Crippen LogP contribution in [-0.4, -0.2) is 55.1 Å². The van der Waals surface area contributed by atoms with Crippen LogP contribution in [0.4, 0.5) is 5.69 Å². The fourth-order valence-corrected chi connectivity index (χ4v) is 4.81. The number of benzene rings is 3. The van der Waals surface area contributed by atoms with Gasteiger partial charge in [0.15, 0.2) is 6.17 Å². The lowest BCUT2D eigenvalue weighted by atomic mass is 10.1. The van der Waals surface area contributed by atoms with Crippen molar-refractivity contribution >= 4 is 34.2 Å². The van der Waals surface area contributed by atoms with Gasteiger partial charge in [0, 0.05) is 37.0 Å². The summed E-state index contributed by atoms with van der Waals surface area (Å²) >= 11 is 0. The van der Waals surface area contributed by atoms with Crippen LogP contribution in [0.3, 0.4) is 0 Å². The van der Waals surface area contributed by atoms with E-state index >= 15 is 0 Å². The molecule has 3 aromatic carbocycles. The Kier molecular flexibility index (Phi) is 8.04. The molecule has 0 saturated heterocycles. The van der Waals surface area contributed by atoms with Gasteiger partial charge in [-0.2, -0.15) is 5.11 Å². The van der Waals surface area contributed by atoms with Crippen molar-refractivity contribution in [3.05, 3.63) is 96.2 Å². The third kappa shape index (κ3) is 6.36. The molecule has 1 aromatic heterocycles. The molecule has 43 heavy (non-hydrogen) atoms. The monoisotopic (exact) mass is 572 g/mol. The number of ether oxygens (including phenoxy) is 2. The molecule has 2 aliphatic heterocycles. The number of amidine groups is 1. The summed E-state index contributed by atoms with van der Waals surface area (Å²) < 4.78 is 11.8. The van der Waals surface area contributed by atoms with Gasteiger partial charge in [-0.1, -0.05) is 48.2 Å². The number of hydrogen-bond donors (Lipinski definition) is 1. The van der Waals surface area contributed by atoms with Gasteiger partial charge in [0.2, 0.25) is 5.84 Å². The van der Waals surface area contributed by atoms with E-state index in [1.54, 1.807) is 25.4 Å². The number of carbonyl (C=O) groups excluding carboxylic acids is 2. The number of fused-ring (bicyclic) bond motifs is 2. The van der Waals surface area contributed by atoms with Gasteiger partial charge >= 0.3 is 0 Å². The minimum Gasteiger partial charge on any atom is -0.492 e. The van der Waals surface area contributed by atoms with Gasteiger partial charge in [0.05, 0.1) is 17.8 Å². The third-order valence-corrected chi connectivity index (χ3v) is 7.00. The highest BCUT2D eigenvalue weighted by Gasteiger charge is 2.32. The van der Waals surface area contributed by atoms with Crippen molar-refractivity contribution in [2.45, 2.75) is 25.0 Å². The average Bonchev–Trinajstić information content (AvgIpc) is 3.47. The lowest BCUT2D eigenvalue weighted by molar-refractivity contribution is -0.124. The number of azo groups is 1. The molecule has 3 heterocycles. The Bertz CT molecular complexity index is 1790. The summed E-state index contributed by atoms with van der Waals surface area (Å²) in [6.45, 7) is 0.387. The van der Waals surface area contributed by atoms with Gasteiger partial charge < -0.3 is 19.7 Å². The predicted molar refractivity (Wildman–Crippen MR) is 162 cm³/mol. The Morgan fingerprint density at radius 3 is 2.86 bits per heavy atom. The molecule has 1 N–H and O–H groups in total. The van der Waals surface area contributed by atoms with Crippen molar-refractivity contribution in [1.29, 1.82) is 0 Å². The lowest BCUT2D eigenvalue weighted by Gasteiger charge is -2.20. The fraction of sp³-hybridized carbons (Fsp3) is 0.212. The molecular weight excluding hydrogens is 544 g/mol. The molecule has 0 fully saturated rings. The number of amides is 2. The molecule has 2 aliphatic rings. The molecule has 4 aromatic rings. The van der Waals surface area contributed by atoms with Crippen LogP contribution < -0.4 is 19.7 Å². The van der Waals surface area contributed by atoms with E-state index < -0.39 is 18.1 Å². The molecule has 0 aliphatic carbocycles. The normalized spacial score (nSPS) is 17.3. The first-order valence-corrected chi connectivity index (χ1v) is 13.9. The predicted octanol–water partition coefficient (Wildman–Crippen LogP) is 4.33. The highest BCUT2D eigenvalue weighted by Crippen LogP contribution is 2.31. The molecule has 2 amide bonds. The Morgan fingerprint density at radius 1 is 1.09 bits per heavy atom. The highest BCUT2D eigenvalue weighted by molar-refractivity contribution is 6.38. The summed E-state index contributed by atoms with van der Waals surface area (Å²) in [5.41, 5.74) is 3.21. The molecule has 10 heteroatoms. The quantitative estimate of drug-likeness (QED) is 0.261. The van der Waals surface area contributed by atoms with E-state index in [2.05, 4.69) is 37.4 Å². The van der Waals surface area contributed by atoms with Crippen molar-refractivity contribution in [2.75, 3.05) is 25.2 Å². The number of aromatic nitrogens is 1. The molecule has 0 saturated carbocycles. The van der Waals surface area contributed by atoms with E-state index in [1.165, 1.54) is 4.90 Å². The average molecular weight is 573 g/mol. The van der Waals surface area contributed by atoms with Gasteiger partial charge in [0.25, 0.3) is 11.8 Å². The smallest absolute Gasteiger partial charge is 0.291 e. The number of rotatable bonds is 7. The van der Waals surface area contributed by atoms with Crippen LogP contribution in [0.15, 0.2) is 100 Å². The number of likely N-dealkylation sites (N-methyl/N-ethyl adjacent to an activating group) is 1. The maximum Gasteiger partial charge on any atom is 0.291 e. The van der Waals surface area contributed by atoms with Gasteiger partial charge in [-0.05, 0) is 48.0 Å². The zero-order valence-electron chi connectivity index (χ0n) is 23.4. The van der Waals surface area contributed by atoms with Crippen LogP contribution in [0, 0.1) is 11.8 Å².